The first-order chi connectivity index (χ1) is 10.5. The molecule has 0 saturated heterocycles. The molecule has 0 bridgehead atoms. The van der Waals surface area contributed by atoms with E-state index in [1.54, 1.807) is 25.4 Å². The Morgan fingerprint density at radius 3 is 2.74 bits per heavy atom. The Balaban J connectivity index is 0.00000264. The zero-order valence-electron chi connectivity index (χ0n) is 12.2. The van der Waals surface area contributed by atoms with Crippen LogP contribution in [0.2, 0.25) is 10.0 Å². The van der Waals surface area contributed by atoms with Crippen molar-refractivity contribution in [2.75, 3.05) is 6.61 Å². The summed E-state index contributed by atoms with van der Waals surface area (Å²) < 4.78 is 7.80. The highest BCUT2D eigenvalue weighted by atomic mass is 79.9. The van der Waals surface area contributed by atoms with E-state index < -0.39 is 0 Å². The molecule has 6 nitrogen and oxygen atoms in total. The van der Waals surface area contributed by atoms with E-state index in [0.29, 0.717) is 22.2 Å². The van der Waals surface area contributed by atoms with Gasteiger partial charge in [0.15, 0.2) is 13.1 Å². The summed E-state index contributed by atoms with van der Waals surface area (Å²) in [4.78, 5) is 23.6. The van der Waals surface area contributed by atoms with Crippen LogP contribution in [0.25, 0.3) is 0 Å². The molecule has 2 aromatic rings. The zero-order chi connectivity index (χ0) is 16.1. The number of hydrogen-bond donors (Lipinski definition) is 0. The predicted molar refractivity (Wildman–Crippen MR) is 79.8 cm³/mol. The van der Waals surface area contributed by atoms with Gasteiger partial charge in [-0.25, -0.2) is 9.36 Å². The first-order valence-corrected chi connectivity index (χ1v) is 7.30. The van der Waals surface area contributed by atoms with E-state index in [1.807, 2.05) is 0 Å². The Hall–Kier alpha value is -1.44. The number of aromatic nitrogens is 3. The SMILES string of the molecule is CCOC(=O)C[n+]1cnn(CC(=O)c2ccc(Cl)cc2Cl)c1.[Br-]. The first kappa shape index (κ1) is 19.6. The van der Waals surface area contributed by atoms with E-state index in [-0.39, 0.29) is 41.8 Å². The fourth-order valence-corrected chi connectivity index (χ4v) is 2.34. The normalized spacial score (nSPS) is 10.0. The Kier molecular flexibility index (Phi) is 7.67. The minimum atomic E-state index is -0.362. The third kappa shape index (κ3) is 5.60. The van der Waals surface area contributed by atoms with Gasteiger partial charge in [0.05, 0.1) is 11.6 Å². The Morgan fingerprint density at radius 2 is 2.09 bits per heavy atom. The van der Waals surface area contributed by atoms with Crippen LogP contribution >= 0.6 is 23.2 Å². The predicted octanol–water partition coefficient (Wildman–Crippen LogP) is -1.07. The van der Waals surface area contributed by atoms with Gasteiger partial charge in [-0.1, -0.05) is 23.2 Å². The molecule has 0 saturated carbocycles. The third-order valence-corrected chi connectivity index (χ3v) is 3.33. The third-order valence-electron chi connectivity index (χ3n) is 2.78. The van der Waals surface area contributed by atoms with E-state index in [9.17, 15) is 9.59 Å². The highest BCUT2D eigenvalue weighted by Crippen LogP contribution is 2.21. The van der Waals surface area contributed by atoms with E-state index in [0.717, 1.165) is 0 Å². The van der Waals surface area contributed by atoms with Gasteiger partial charge in [0, 0.05) is 15.7 Å². The fourth-order valence-electron chi connectivity index (χ4n) is 1.83. The maximum atomic E-state index is 12.2. The van der Waals surface area contributed by atoms with Crippen molar-refractivity contribution in [3.8, 4) is 0 Å². The standard InChI is InChI=1S/C14H14Cl2N3O3.BrH/c1-2-22-14(21)7-18-8-17-19(9-18)6-13(20)11-4-3-10(15)5-12(11)16;/h3-5,8-9H,2,6-7H2,1H3;1H/q+1;/p-1. The molecule has 0 amide bonds. The number of nitrogens with zero attached hydrogens (tertiary/aromatic N) is 3. The van der Waals surface area contributed by atoms with E-state index in [2.05, 4.69) is 5.10 Å². The summed E-state index contributed by atoms with van der Waals surface area (Å²) in [5, 5.41) is 4.79. The molecule has 1 heterocycles. The zero-order valence-corrected chi connectivity index (χ0v) is 15.3. The molecular weight excluding hydrogens is 409 g/mol. The molecule has 9 heteroatoms. The van der Waals surface area contributed by atoms with E-state index in [4.69, 9.17) is 27.9 Å². The molecule has 0 unspecified atom stereocenters. The van der Waals surface area contributed by atoms with Gasteiger partial charge in [-0.3, -0.25) is 4.79 Å². The summed E-state index contributed by atoms with van der Waals surface area (Å²) >= 11 is 11.8. The van der Waals surface area contributed by atoms with Gasteiger partial charge < -0.3 is 21.7 Å². The summed E-state index contributed by atoms with van der Waals surface area (Å²) in [5.41, 5.74) is 0.374. The molecule has 0 radical (unpaired) electrons. The molecular formula is C14H14BrCl2N3O3. The smallest absolute Gasteiger partial charge is 0.340 e. The second-order valence-corrected chi connectivity index (χ2v) is 5.31. The number of ether oxygens (including phenoxy) is 1. The number of rotatable bonds is 6. The van der Waals surface area contributed by atoms with Crippen LogP contribution in [-0.2, 0) is 22.6 Å². The molecule has 0 spiro atoms. The minimum Gasteiger partial charge on any atom is -1.00 e. The van der Waals surface area contributed by atoms with Crippen molar-refractivity contribution < 1.29 is 35.9 Å². The van der Waals surface area contributed by atoms with Crippen LogP contribution in [0.3, 0.4) is 0 Å². The average Bonchev–Trinajstić information content (AvgIpc) is 2.85. The Bertz CT molecular complexity index is 706. The number of hydrogen-bond acceptors (Lipinski definition) is 4. The summed E-state index contributed by atoms with van der Waals surface area (Å²) in [5.74, 6) is -0.563. The molecule has 2 rings (SSSR count). The number of Topliss-reactive ketones (excluding diaryl/α,β-unsaturated/α-hetero) is 1. The number of ketones is 1. The van der Waals surface area contributed by atoms with Crippen molar-refractivity contribution in [2.24, 2.45) is 0 Å². The number of carbonyl (C=O) groups excluding carboxylic acids is 2. The summed E-state index contributed by atoms with van der Waals surface area (Å²) in [6.07, 6.45) is 3.01. The lowest BCUT2D eigenvalue weighted by molar-refractivity contribution is -0.686. The van der Waals surface area contributed by atoms with Gasteiger partial charge in [0.25, 0.3) is 6.33 Å². The maximum Gasteiger partial charge on any atom is 0.340 e. The Labute approximate surface area is 153 Å². The largest absolute Gasteiger partial charge is 1.00 e. The van der Waals surface area contributed by atoms with Crippen LogP contribution in [-0.4, -0.2) is 28.1 Å². The fraction of sp³-hybridized carbons (Fsp3) is 0.286. The average molecular weight is 423 g/mol. The van der Waals surface area contributed by atoms with Gasteiger partial charge in [-0.05, 0) is 25.1 Å². The topological polar surface area (TPSA) is 65.1 Å². The molecule has 0 aliphatic carbocycles. The second-order valence-electron chi connectivity index (χ2n) is 4.47. The summed E-state index contributed by atoms with van der Waals surface area (Å²) in [6.45, 7) is 2.11. The lowest BCUT2D eigenvalue weighted by atomic mass is 10.1. The number of esters is 1. The molecule has 0 aliphatic heterocycles. The van der Waals surface area contributed by atoms with E-state index in [1.165, 1.54) is 21.6 Å². The first-order valence-electron chi connectivity index (χ1n) is 6.55. The maximum absolute atomic E-state index is 12.2. The molecule has 1 aromatic heterocycles. The van der Waals surface area contributed by atoms with Crippen molar-refractivity contribution in [2.45, 2.75) is 20.0 Å². The lowest BCUT2D eigenvalue weighted by Crippen LogP contribution is -3.00. The van der Waals surface area contributed by atoms with Crippen LogP contribution < -0.4 is 21.5 Å². The number of halogens is 3. The molecule has 0 atom stereocenters. The van der Waals surface area contributed by atoms with Crippen molar-refractivity contribution in [3.63, 3.8) is 0 Å². The summed E-state index contributed by atoms with van der Waals surface area (Å²) in [7, 11) is 0. The summed E-state index contributed by atoms with van der Waals surface area (Å²) in [6, 6.07) is 4.69. The van der Waals surface area contributed by atoms with Crippen molar-refractivity contribution in [1.82, 2.24) is 9.78 Å². The van der Waals surface area contributed by atoms with Crippen LogP contribution in [0.15, 0.2) is 30.9 Å². The van der Waals surface area contributed by atoms with Crippen molar-refractivity contribution >= 4 is 35.0 Å². The highest BCUT2D eigenvalue weighted by Gasteiger charge is 2.17. The van der Waals surface area contributed by atoms with Gasteiger partial charge in [-0.2, -0.15) is 0 Å². The van der Waals surface area contributed by atoms with Crippen LogP contribution in [0, 0.1) is 0 Å². The van der Waals surface area contributed by atoms with E-state index >= 15 is 0 Å². The van der Waals surface area contributed by atoms with Gasteiger partial charge >= 0.3 is 5.97 Å². The molecule has 0 fully saturated rings. The minimum absolute atomic E-state index is 0. The Morgan fingerprint density at radius 1 is 1.35 bits per heavy atom. The van der Waals surface area contributed by atoms with Gasteiger partial charge in [-0.15, -0.1) is 4.68 Å². The highest BCUT2D eigenvalue weighted by molar-refractivity contribution is 6.36. The number of carbonyl (C=O) groups is 2. The van der Waals surface area contributed by atoms with Crippen LogP contribution in [0.4, 0.5) is 0 Å². The van der Waals surface area contributed by atoms with Crippen molar-refractivity contribution in [1.29, 1.82) is 0 Å². The molecule has 23 heavy (non-hydrogen) atoms. The van der Waals surface area contributed by atoms with Gasteiger partial charge in [0.2, 0.25) is 12.1 Å². The second kappa shape index (κ2) is 9.00. The number of benzene rings is 1. The van der Waals surface area contributed by atoms with Crippen LogP contribution in [0.5, 0.6) is 0 Å². The van der Waals surface area contributed by atoms with Crippen molar-refractivity contribution in [3.05, 3.63) is 46.5 Å². The van der Waals surface area contributed by atoms with Crippen LogP contribution in [0.1, 0.15) is 17.3 Å². The molecule has 124 valence electrons. The lowest BCUT2D eigenvalue weighted by Gasteiger charge is -2.01. The molecule has 0 aliphatic rings. The molecule has 1 aromatic carbocycles. The quantitative estimate of drug-likeness (QED) is 0.337. The molecule has 0 N–H and O–H groups in total. The van der Waals surface area contributed by atoms with Gasteiger partial charge in [0.1, 0.15) is 0 Å². The monoisotopic (exact) mass is 421 g/mol.